The minimum atomic E-state index is -4.58. The summed E-state index contributed by atoms with van der Waals surface area (Å²) in [5.41, 5.74) is -0.411. The van der Waals surface area contributed by atoms with Gasteiger partial charge in [-0.25, -0.2) is 4.98 Å². The van der Waals surface area contributed by atoms with Crippen molar-refractivity contribution in [3.05, 3.63) is 34.2 Å². The first-order valence-corrected chi connectivity index (χ1v) is 8.79. The lowest BCUT2D eigenvalue weighted by Crippen LogP contribution is -2.44. The predicted molar refractivity (Wildman–Crippen MR) is 90.3 cm³/mol. The van der Waals surface area contributed by atoms with Crippen LogP contribution in [0.25, 0.3) is 5.65 Å². The molecule has 5 nitrogen and oxygen atoms in total. The van der Waals surface area contributed by atoms with Crippen molar-refractivity contribution in [3.63, 3.8) is 0 Å². The third kappa shape index (κ3) is 3.40. The molecule has 1 aliphatic rings. The fourth-order valence-corrected chi connectivity index (χ4v) is 3.73. The van der Waals surface area contributed by atoms with Crippen LogP contribution < -0.4 is 0 Å². The van der Waals surface area contributed by atoms with E-state index in [0.717, 1.165) is 35.9 Å². The molecule has 2 aromatic heterocycles. The van der Waals surface area contributed by atoms with Gasteiger partial charge in [0, 0.05) is 25.4 Å². The first kappa shape index (κ1) is 19.0. The van der Waals surface area contributed by atoms with Gasteiger partial charge in [0.1, 0.15) is 5.69 Å². The number of fused-ring (bicyclic) bond motifs is 1. The van der Waals surface area contributed by atoms with Crippen LogP contribution in [0.2, 0.25) is 5.02 Å². The van der Waals surface area contributed by atoms with E-state index in [0.29, 0.717) is 18.7 Å². The summed E-state index contributed by atoms with van der Waals surface area (Å²) in [6.45, 7) is 2.03. The normalized spacial score (nSPS) is 18.5. The maximum atomic E-state index is 13.1. The van der Waals surface area contributed by atoms with Gasteiger partial charge in [0.25, 0.3) is 5.91 Å². The summed E-state index contributed by atoms with van der Waals surface area (Å²) < 4.78 is 40.5. The highest BCUT2D eigenvalue weighted by molar-refractivity contribution is 6.33. The Morgan fingerprint density at radius 2 is 2.15 bits per heavy atom. The number of pyridine rings is 1. The predicted octanol–water partition coefficient (Wildman–Crippen LogP) is 3.69. The Morgan fingerprint density at radius 3 is 2.81 bits per heavy atom. The third-order valence-electron chi connectivity index (χ3n) is 4.73. The SMILES string of the molecule is Cc1nc2c(Cl)cc(C(F)(F)F)cn2c1C(=O)N1CCCCC1CCO. The molecule has 1 unspecified atom stereocenters. The monoisotopic (exact) mass is 389 g/mol. The first-order chi connectivity index (χ1) is 12.2. The zero-order chi connectivity index (χ0) is 19.1. The molecule has 3 rings (SSSR count). The standard InChI is InChI=1S/C17H19ClF3N3O2/c1-10-14(16(26)23-6-3-2-4-12(23)5-7-25)24-9-11(17(19,20)21)8-13(18)15(24)22-10/h8-9,12,25H,2-7H2,1H3. The summed E-state index contributed by atoms with van der Waals surface area (Å²) in [4.78, 5) is 18.9. The van der Waals surface area contributed by atoms with Gasteiger partial charge in [0.2, 0.25) is 0 Å². The van der Waals surface area contributed by atoms with E-state index >= 15 is 0 Å². The van der Waals surface area contributed by atoms with Crippen LogP contribution in [0.3, 0.4) is 0 Å². The number of aliphatic hydroxyl groups excluding tert-OH is 1. The molecule has 1 saturated heterocycles. The van der Waals surface area contributed by atoms with Gasteiger partial charge in [-0.3, -0.25) is 9.20 Å². The van der Waals surface area contributed by atoms with Crippen molar-refractivity contribution >= 4 is 23.2 Å². The summed E-state index contributed by atoms with van der Waals surface area (Å²) in [5.74, 6) is -0.386. The van der Waals surface area contributed by atoms with Crippen molar-refractivity contribution in [2.24, 2.45) is 0 Å². The van der Waals surface area contributed by atoms with Crippen molar-refractivity contribution in [2.75, 3.05) is 13.2 Å². The van der Waals surface area contributed by atoms with E-state index in [-0.39, 0.29) is 34.9 Å². The summed E-state index contributed by atoms with van der Waals surface area (Å²) in [7, 11) is 0. The van der Waals surface area contributed by atoms with Crippen LogP contribution in [0.5, 0.6) is 0 Å². The van der Waals surface area contributed by atoms with E-state index in [9.17, 15) is 23.1 Å². The smallest absolute Gasteiger partial charge is 0.396 e. The molecule has 2 aromatic rings. The van der Waals surface area contributed by atoms with Crippen molar-refractivity contribution in [1.29, 1.82) is 0 Å². The number of aliphatic hydroxyl groups is 1. The number of carbonyl (C=O) groups is 1. The van der Waals surface area contributed by atoms with Crippen molar-refractivity contribution in [3.8, 4) is 0 Å². The molecular weight excluding hydrogens is 371 g/mol. The first-order valence-electron chi connectivity index (χ1n) is 8.41. The molecule has 3 heterocycles. The maximum Gasteiger partial charge on any atom is 0.417 e. The van der Waals surface area contributed by atoms with Gasteiger partial charge in [-0.2, -0.15) is 13.2 Å². The molecular formula is C17H19ClF3N3O2. The summed E-state index contributed by atoms with van der Waals surface area (Å²) in [5, 5.41) is 9.08. The molecule has 0 spiro atoms. The Hall–Kier alpha value is -1.80. The Morgan fingerprint density at radius 1 is 1.42 bits per heavy atom. The Kier molecular flexibility index (Phi) is 5.16. The number of aryl methyl sites for hydroxylation is 1. The molecule has 1 fully saturated rings. The second-order valence-electron chi connectivity index (χ2n) is 6.47. The van der Waals surface area contributed by atoms with Gasteiger partial charge in [0.15, 0.2) is 5.65 Å². The van der Waals surface area contributed by atoms with E-state index in [2.05, 4.69) is 4.98 Å². The van der Waals surface area contributed by atoms with Crippen molar-refractivity contribution in [1.82, 2.24) is 14.3 Å². The van der Waals surface area contributed by atoms with E-state index in [1.807, 2.05) is 0 Å². The molecule has 1 amide bonds. The van der Waals surface area contributed by atoms with Crippen molar-refractivity contribution < 1.29 is 23.1 Å². The Balaban J connectivity index is 2.10. The highest BCUT2D eigenvalue weighted by atomic mass is 35.5. The Bertz CT molecular complexity index is 833. The topological polar surface area (TPSA) is 57.8 Å². The third-order valence-corrected chi connectivity index (χ3v) is 5.01. The van der Waals surface area contributed by atoms with Crippen LogP contribution in [-0.4, -0.2) is 44.5 Å². The summed E-state index contributed by atoms with van der Waals surface area (Å²) >= 11 is 5.98. The average Bonchev–Trinajstić information content (AvgIpc) is 2.91. The van der Waals surface area contributed by atoms with Crippen LogP contribution in [0.4, 0.5) is 13.2 Å². The minimum Gasteiger partial charge on any atom is -0.396 e. The van der Waals surface area contributed by atoms with Crippen LogP contribution in [-0.2, 0) is 6.18 Å². The van der Waals surface area contributed by atoms with Gasteiger partial charge in [-0.05, 0) is 38.7 Å². The number of hydrogen-bond acceptors (Lipinski definition) is 3. The molecule has 26 heavy (non-hydrogen) atoms. The fourth-order valence-electron chi connectivity index (χ4n) is 3.48. The molecule has 0 bridgehead atoms. The number of imidazole rings is 1. The summed E-state index contributed by atoms with van der Waals surface area (Å²) in [6.07, 6.45) is -0.754. The lowest BCUT2D eigenvalue weighted by atomic mass is 9.99. The molecule has 142 valence electrons. The number of carbonyl (C=O) groups excluding carboxylic acids is 1. The van der Waals surface area contributed by atoms with Crippen LogP contribution in [0, 0.1) is 6.92 Å². The zero-order valence-corrected chi connectivity index (χ0v) is 14.9. The largest absolute Gasteiger partial charge is 0.417 e. The fraction of sp³-hybridized carbons (Fsp3) is 0.529. The minimum absolute atomic E-state index is 0.0510. The number of rotatable bonds is 3. The molecule has 9 heteroatoms. The van der Waals surface area contributed by atoms with Crippen molar-refractivity contribution in [2.45, 2.75) is 44.8 Å². The lowest BCUT2D eigenvalue weighted by molar-refractivity contribution is -0.137. The number of alkyl halides is 3. The average molecular weight is 390 g/mol. The number of aromatic nitrogens is 2. The molecule has 1 atom stereocenters. The molecule has 1 aliphatic heterocycles. The summed E-state index contributed by atoms with van der Waals surface area (Å²) in [6, 6.07) is 0.681. The number of nitrogens with zero attached hydrogens (tertiary/aromatic N) is 3. The highest BCUT2D eigenvalue weighted by Gasteiger charge is 2.34. The number of likely N-dealkylation sites (tertiary alicyclic amines) is 1. The quantitative estimate of drug-likeness (QED) is 0.871. The zero-order valence-electron chi connectivity index (χ0n) is 14.2. The maximum absolute atomic E-state index is 13.1. The van der Waals surface area contributed by atoms with Gasteiger partial charge >= 0.3 is 6.18 Å². The molecule has 1 N–H and O–H groups in total. The number of amides is 1. The van der Waals surface area contributed by atoms with Gasteiger partial charge in [-0.1, -0.05) is 11.6 Å². The van der Waals surface area contributed by atoms with E-state index in [1.165, 1.54) is 0 Å². The van der Waals surface area contributed by atoms with Gasteiger partial charge in [-0.15, -0.1) is 0 Å². The van der Waals surface area contributed by atoms with Gasteiger partial charge < -0.3 is 10.0 Å². The number of halogens is 4. The second kappa shape index (κ2) is 7.08. The van der Waals surface area contributed by atoms with Gasteiger partial charge in [0.05, 0.1) is 16.3 Å². The van der Waals surface area contributed by atoms with Crippen LogP contribution in [0.15, 0.2) is 12.3 Å². The highest BCUT2D eigenvalue weighted by Crippen LogP contribution is 2.33. The molecule has 0 saturated carbocycles. The van der Waals surface area contributed by atoms with E-state index in [4.69, 9.17) is 11.6 Å². The molecule has 0 radical (unpaired) electrons. The second-order valence-corrected chi connectivity index (χ2v) is 6.88. The molecule has 0 aromatic carbocycles. The number of hydrogen-bond donors (Lipinski definition) is 1. The number of piperidine rings is 1. The van der Waals surface area contributed by atoms with E-state index < -0.39 is 11.7 Å². The molecule has 0 aliphatic carbocycles. The lowest BCUT2D eigenvalue weighted by Gasteiger charge is -2.35. The van der Waals surface area contributed by atoms with Crippen LogP contribution >= 0.6 is 11.6 Å². The Labute approximate surface area is 153 Å². The van der Waals surface area contributed by atoms with Crippen LogP contribution in [0.1, 0.15) is 47.4 Å². The van der Waals surface area contributed by atoms with E-state index in [1.54, 1.807) is 11.8 Å².